The number of benzene rings is 3. The number of rotatable bonds is 16. The molecule has 0 spiro atoms. The summed E-state index contributed by atoms with van der Waals surface area (Å²) in [4.78, 5) is 23.4. The summed E-state index contributed by atoms with van der Waals surface area (Å²) in [6, 6.07) is 20.7. The zero-order chi connectivity index (χ0) is 31.7. The van der Waals surface area contributed by atoms with Crippen molar-refractivity contribution in [3.63, 3.8) is 0 Å². The van der Waals surface area contributed by atoms with Crippen molar-refractivity contribution in [1.82, 2.24) is 0 Å². The molecule has 230 valence electrons. The van der Waals surface area contributed by atoms with E-state index in [1.165, 1.54) is 0 Å². The zero-order valence-electron chi connectivity index (χ0n) is 24.4. The Morgan fingerprint density at radius 2 is 1.16 bits per heavy atom. The monoisotopic (exact) mass is 602 g/mol. The molecular weight excluding hydrogens is 567 g/mol. The van der Waals surface area contributed by atoms with Gasteiger partial charge >= 0.3 is 11.9 Å². The number of carbonyl (C=O) groups is 2. The maximum atomic E-state index is 12.4. The van der Waals surface area contributed by atoms with Crippen molar-refractivity contribution >= 4 is 11.9 Å². The number of esters is 2. The van der Waals surface area contributed by atoms with Gasteiger partial charge in [-0.2, -0.15) is 0 Å². The Balaban J connectivity index is 1.70. The highest BCUT2D eigenvalue weighted by Crippen LogP contribution is 2.30. The Hall–Kier alpha value is -4.91. The van der Waals surface area contributed by atoms with Crippen LogP contribution in [0.5, 0.6) is 11.5 Å². The molecule has 0 fully saturated rings. The lowest BCUT2D eigenvalue weighted by atomic mass is 10.0. The van der Waals surface area contributed by atoms with Gasteiger partial charge in [-0.1, -0.05) is 49.3 Å². The maximum Gasteiger partial charge on any atom is 0.335 e. The van der Waals surface area contributed by atoms with Gasteiger partial charge in [0, 0.05) is 17.2 Å². The maximum absolute atomic E-state index is 12.4. The van der Waals surface area contributed by atoms with Gasteiger partial charge in [0.15, 0.2) is 0 Å². The minimum absolute atomic E-state index is 0.0413. The predicted octanol–water partition coefficient (Wildman–Crippen LogP) is 4.60. The molecule has 0 bridgehead atoms. The normalized spacial score (nSPS) is 10.2. The van der Waals surface area contributed by atoms with Crippen molar-refractivity contribution < 1.29 is 43.1 Å². The Kier molecular flexibility index (Phi) is 13.7. The van der Waals surface area contributed by atoms with Crippen molar-refractivity contribution in [3.05, 3.63) is 108 Å². The molecule has 44 heavy (non-hydrogen) atoms. The van der Waals surface area contributed by atoms with Crippen LogP contribution in [0.4, 0.5) is 4.39 Å². The lowest BCUT2D eigenvalue weighted by Gasteiger charge is -2.13. The summed E-state index contributed by atoms with van der Waals surface area (Å²) in [6.45, 7) is 5.49. The number of aryl methyl sites for hydroxylation is 1. The lowest BCUT2D eigenvalue weighted by Crippen LogP contribution is -2.15. The van der Waals surface area contributed by atoms with Gasteiger partial charge in [-0.15, -0.1) is 0 Å². The molecule has 9 heteroatoms. The first-order valence-corrected chi connectivity index (χ1v) is 13.9. The summed E-state index contributed by atoms with van der Waals surface area (Å²) in [5.41, 5.74) is 4.29. The summed E-state index contributed by atoms with van der Waals surface area (Å²) in [5, 5.41) is 18.0. The minimum atomic E-state index is -0.707. The molecule has 0 heterocycles. The fourth-order valence-corrected chi connectivity index (χ4v) is 3.74. The van der Waals surface area contributed by atoms with Crippen LogP contribution in [0, 0.1) is 11.8 Å². The average molecular weight is 603 g/mol. The van der Waals surface area contributed by atoms with E-state index < -0.39 is 25.2 Å². The van der Waals surface area contributed by atoms with E-state index in [1.807, 2.05) is 48.5 Å². The number of ether oxygens (including phenoxy) is 4. The highest BCUT2D eigenvalue weighted by Gasteiger charge is 2.10. The van der Waals surface area contributed by atoms with Crippen LogP contribution in [-0.4, -0.2) is 68.5 Å². The number of aliphatic hydroxyl groups excluding tert-OH is 2. The van der Waals surface area contributed by atoms with Gasteiger partial charge in [0.1, 0.15) is 37.9 Å². The number of halogens is 1. The number of hydrogen-bond acceptors (Lipinski definition) is 8. The van der Waals surface area contributed by atoms with E-state index in [9.17, 15) is 14.0 Å². The molecule has 0 unspecified atom stereocenters. The lowest BCUT2D eigenvalue weighted by molar-refractivity contribution is -0.141. The molecule has 0 aliphatic rings. The second-order valence-corrected chi connectivity index (χ2v) is 9.50. The molecule has 3 aromatic carbocycles. The highest BCUT2D eigenvalue weighted by atomic mass is 19.1. The van der Waals surface area contributed by atoms with Crippen LogP contribution in [0.15, 0.2) is 91.0 Å². The number of aliphatic hydroxyl groups is 2. The molecule has 0 aliphatic heterocycles. The van der Waals surface area contributed by atoms with Gasteiger partial charge in [-0.05, 0) is 65.9 Å². The van der Waals surface area contributed by atoms with Gasteiger partial charge in [-0.25, -0.2) is 9.59 Å². The largest absolute Gasteiger partial charge is 0.490 e. The smallest absolute Gasteiger partial charge is 0.335 e. The van der Waals surface area contributed by atoms with Gasteiger partial charge in [0.2, 0.25) is 0 Å². The average Bonchev–Trinajstić information content (AvgIpc) is 3.06. The van der Waals surface area contributed by atoms with E-state index in [1.54, 1.807) is 18.2 Å². The van der Waals surface area contributed by atoms with Crippen LogP contribution < -0.4 is 9.47 Å². The summed E-state index contributed by atoms with van der Waals surface area (Å²) in [6.07, 6.45) is 1.21. The molecular formula is C35H35FO8. The van der Waals surface area contributed by atoms with Crippen molar-refractivity contribution in [2.24, 2.45) is 0 Å². The minimum Gasteiger partial charge on any atom is -0.490 e. The number of alkyl halides is 1. The van der Waals surface area contributed by atoms with Crippen molar-refractivity contribution in [1.29, 1.82) is 0 Å². The summed E-state index contributed by atoms with van der Waals surface area (Å²) >= 11 is 0. The molecule has 0 aliphatic carbocycles. The van der Waals surface area contributed by atoms with Gasteiger partial charge < -0.3 is 29.2 Å². The van der Waals surface area contributed by atoms with Crippen molar-refractivity contribution in [3.8, 4) is 34.5 Å². The Labute approximate surface area is 256 Å². The van der Waals surface area contributed by atoms with E-state index in [0.717, 1.165) is 27.8 Å². The van der Waals surface area contributed by atoms with Crippen LogP contribution in [-0.2, 0) is 25.5 Å². The Morgan fingerprint density at radius 3 is 1.61 bits per heavy atom. The van der Waals surface area contributed by atoms with Crippen LogP contribution in [0.3, 0.4) is 0 Å². The molecule has 3 rings (SSSR count). The van der Waals surface area contributed by atoms with E-state index >= 15 is 0 Å². The summed E-state index contributed by atoms with van der Waals surface area (Å²) in [5.74, 6) is 5.76. The first kappa shape index (κ1) is 33.6. The molecule has 2 N–H and O–H groups in total. The summed E-state index contributed by atoms with van der Waals surface area (Å²) < 4.78 is 34.0. The number of carbonyl (C=O) groups excluding carboxylic acids is 2. The van der Waals surface area contributed by atoms with Crippen LogP contribution in [0.2, 0.25) is 0 Å². The Morgan fingerprint density at radius 1 is 0.682 bits per heavy atom. The predicted molar refractivity (Wildman–Crippen MR) is 164 cm³/mol. The molecule has 0 atom stereocenters. The quantitative estimate of drug-likeness (QED) is 0.106. The fourth-order valence-electron chi connectivity index (χ4n) is 3.74. The standard InChI is InChI=1S/C35H35FO8/c1-25(23-37)34(39)43-18-16-41-32-20-31(21-33(22-32)42-17-19-44-35(40)26(2)24-38)30-13-11-29(12-14-30)10-9-28-7-5-27(6-8-28)4-3-15-36/h5-8,11-14,20-22,37-38H,1-4,15-19,23-24H2. The van der Waals surface area contributed by atoms with Gasteiger partial charge in [0.05, 0.1) is 31.0 Å². The molecule has 3 aromatic rings. The summed E-state index contributed by atoms with van der Waals surface area (Å²) in [7, 11) is 0. The molecule has 0 saturated carbocycles. The fraction of sp³-hybridized carbons (Fsp3) is 0.257. The SMILES string of the molecule is C=C(CO)C(=O)OCCOc1cc(OCCOC(=O)C(=C)CO)cc(-c2ccc(C#Cc3ccc(CCCF)cc3)cc2)c1. The van der Waals surface area contributed by atoms with Gasteiger partial charge in [0.25, 0.3) is 0 Å². The van der Waals surface area contributed by atoms with E-state index in [2.05, 4.69) is 25.0 Å². The molecule has 0 saturated heterocycles. The number of hydrogen-bond donors (Lipinski definition) is 2. The third-order valence-corrected chi connectivity index (χ3v) is 6.13. The molecule has 0 aromatic heterocycles. The van der Waals surface area contributed by atoms with E-state index in [-0.39, 0.29) is 44.2 Å². The van der Waals surface area contributed by atoms with Gasteiger partial charge in [-0.3, -0.25) is 4.39 Å². The Bertz CT molecular complexity index is 1430. The molecule has 0 amide bonds. The zero-order valence-corrected chi connectivity index (χ0v) is 24.4. The highest BCUT2D eigenvalue weighted by molar-refractivity contribution is 5.88. The first-order valence-electron chi connectivity index (χ1n) is 13.9. The van der Waals surface area contributed by atoms with Crippen molar-refractivity contribution in [2.45, 2.75) is 12.8 Å². The van der Waals surface area contributed by atoms with E-state index in [0.29, 0.717) is 24.3 Å². The van der Waals surface area contributed by atoms with Crippen LogP contribution in [0.1, 0.15) is 23.1 Å². The molecule has 0 radical (unpaired) electrons. The third kappa shape index (κ3) is 11.1. The second kappa shape index (κ2) is 17.9. The molecule has 8 nitrogen and oxygen atoms in total. The van der Waals surface area contributed by atoms with Crippen molar-refractivity contribution in [2.75, 3.05) is 46.3 Å². The van der Waals surface area contributed by atoms with Crippen LogP contribution in [0.25, 0.3) is 11.1 Å². The third-order valence-electron chi connectivity index (χ3n) is 6.13. The first-order chi connectivity index (χ1) is 21.3. The topological polar surface area (TPSA) is 112 Å². The second-order valence-electron chi connectivity index (χ2n) is 9.50. The van der Waals surface area contributed by atoms with Crippen LogP contribution >= 0.6 is 0 Å². The van der Waals surface area contributed by atoms with E-state index in [4.69, 9.17) is 29.2 Å².